The molecule has 4 rings (SSSR count). The molecule has 3 aromatic rings. The molecule has 30 heavy (non-hydrogen) atoms. The Morgan fingerprint density at radius 3 is 2.67 bits per heavy atom. The Morgan fingerprint density at radius 2 is 1.90 bits per heavy atom. The molecule has 1 aliphatic rings. The molecular formula is C22H19FN4O3. The number of aromatic nitrogens is 1. The maximum Gasteiger partial charge on any atom is 0.291 e. The van der Waals surface area contributed by atoms with Crippen LogP contribution in [0.3, 0.4) is 0 Å². The van der Waals surface area contributed by atoms with Gasteiger partial charge in [0.05, 0.1) is 11.4 Å². The fourth-order valence-corrected chi connectivity index (χ4v) is 3.41. The van der Waals surface area contributed by atoms with Crippen LogP contribution in [0.4, 0.5) is 10.1 Å². The summed E-state index contributed by atoms with van der Waals surface area (Å²) in [5.41, 5.74) is 4.79. The van der Waals surface area contributed by atoms with Gasteiger partial charge in [-0.05, 0) is 44.0 Å². The molecule has 0 bridgehead atoms. The molecule has 0 spiro atoms. The zero-order valence-corrected chi connectivity index (χ0v) is 16.2. The van der Waals surface area contributed by atoms with Crippen LogP contribution in [0, 0.1) is 12.7 Å². The van der Waals surface area contributed by atoms with E-state index >= 15 is 0 Å². The van der Waals surface area contributed by atoms with Crippen molar-refractivity contribution in [1.29, 1.82) is 0 Å². The minimum atomic E-state index is -0.538. The average Bonchev–Trinajstić information content (AvgIpc) is 3.11. The van der Waals surface area contributed by atoms with E-state index in [0.717, 1.165) is 6.42 Å². The van der Waals surface area contributed by atoms with Crippen LogP contribution >= 0.6 is 0 Å². The highest BCUT2D eigenvalue weighted by molar-refractivity contribution is 6.09. The lowest BCUT2D eigenvalue weighted by atomic mass is 9.93. The largest absolute Gasteiger partial charge is 0.455 e. The van der Waals surface area contributed by atoms with Crippen LogP contribution in [0.1, 0.15) is 50.8 Å². The van der Waals surface area contributed by atoms with Crippen molar-refractivity contribution in [3.05, 3.63) is 82.8 Å². The van der Waals surface area contributed by atoms with E-state index in [9.17, 15) is 14.0 Å². The molecule has 0 fully saturated rings. The Kier molecular flexibility index (Phi) is 5.38. The molecule has 2 amide bonds. The summed E-state index contributed by atoms with van der Waals surface area (Å²) in [5, 5.41) is 6.80. The highest BCUT2D eigenvalue weighted by atomic mass is 19.1. The molecule has 0 atom stereocenters. The third-order valence-electron chi connectivity index (χ3n) is 4.84. The predicted molar refractivity (Wildman–Crippen MR) is 109 cm³/mol. The monoisotopic (exact) mass is 406 g/mol. The second kappa shape index (κ2) is 8.28. The molecule has 152 valence electrons. The lowest BCUT2D eigenvalue weighted by Gasteiger charge is -2.13. The standard InChI is InChI=1S/C22H19FN4O3/c1-13-19-16(26-27-21(28)17-9-4-5-12-24-17)10-6-11-18(19)30-20(13)22(29)25-15-8-3-2-7-14(15)23/h2-5,7-9,12H,6,10-11H2,1H3,(H,25,29)(H,27,28)/b26-16+. The van der Waals surface area contributed by atoms with E-state index in [1.807, 2.05) is 0 Å². The molecule has 2 N–H and O–H groups in total. The van der Waals surface area contributed by atoms with E-state index in [4.69, 9.17) is 4.42 Å². The van der Waals surface area contributed by atoms with Crippen LogP contribution in [0.15, 0.2) is 58.2 Å². The summed E-state index contributed by atoms with van der Waals surface area (Å²) in [5.74, 6) is -0.755. The van der Waals surface area contributed by atoms with E-state index in [0.29, 0.717) is 35.4 Å². The summed E-state index contributed by atoms with van der Waals surface area (Å²) in [6.45, 7) is 1.75. The lowest BCUT2D eigenvalue weighted by Crippen LogP contribution is -2.22. The number of hydrogen-bond acceptors (Lipinski definition) is 5. The number of para-hydroxylation sites is 1. The lowest BCUT2D eigenvalue weighted by molar-refractivity contribution is 0.0948. The Hall–Kier alpha value is -3.81. The average molecular weight is 406 g/mol. The van der Waals surface area contributed by atoms with Gasteiger partial charge in [-0.3, -0.25) is 14.6 Å². The van der Waals surface area contributed by atoms with E-state index in [1.165, 1.54) is 18.3 Å². The molecule has 1 aliphatic carbocycles. The van der Waals surface area contributed by atoms with Gasteiger partial charge in [-0.1, -0.05) is 18.2 Å². The second-order valence-corrected chi connectivity index (χ2v) is 6.86. The smallest absolute Gasteiger partial charge is 0.291 e. The minimum Gasteiger partial charge on any atom is -0.455 e. The predicted octanol–water partition coefficient (Wildman–Crippen LogP) is 3.84. The molecule has 7 nitrogen and oxygen atoms in total. The third kappa shape index (κ3) is 3.84. The van der Waals surface area contributed by atoms with Crippen LogP contribution in [0.2, 0.25) is 0 Å². The maximum absolute atomic E-state index is 13.9. The summed E-state index contributed by atoms with van der Waals surface area (Å²) in [7, 11) is 0. The van der Waals surface area contributed by atoms with Gasteiger partial charge in [-0.25, -0.2) is 9.82 Å². The van der Waals surface area contributed by atoms with Gasteiger partial charge in [0.1, 0.15) is 17.3 Å². The number of halogens is 1. The fraction of sp³-hybridized carbons (Fsp3) is 0.182. The number of hydrogen-bond donors (Lipinski definition) is 2. The van der Waals surface area contributed by atoms with Gasteiger partial charge in [0.2, 0.25) is 0 Å². The van der Waals surface area contributed by atoms with E-state index in [2.05, 4.69) is 20.8 Å². The molecule has 2 aromatic heterocycles. The van der Waals surface area contributed by atoms with Gasteiger partial charge in [0.15, 0.2) is 5.76 Å². The highest BCUT2D eigenvalue weighted by Crippen LogP contribution is 2.30. The van der Waals surface area contributed by atoms with Crippen molar-refractivity contribution in [2.24, 2.45) is 5.10 Å². The molecule has 0 unspecified atom stereocenters. The summed E-state index contributed by atoms with van der Waals surface area (Å²) >= 11 is 0. The summed E-state index contributed by atoms with van der Waals surface area (Å²) in [6, 6.07) is 11.0. The minimum absolute atomic E-state index is 0.0767. The molecule has 8 heteroatoms. The fourth-order valence-electron chi connectivity index (χ4n) is 3.41. The zero-order chi connectivity index (χ0) is 21.1. The van der Waals surface area contributed by atoms with E-state index in [-0.39, 0.29) is 17.1 Å². The van der Waals surface area contributed by atoms with Gasteiger partial charge >= 0.3 is 0 Å². The van der Waals surface area contributed by atoms with Gasteiger partial charge < -0.3 is 9.73 Å². The Morgan fingerprint density at radius 1 is 1.10 bits per heavy atom. The van der Waals surface area contributed by atoms with Crippen molar-refractivity contribution >= 4 is 23.2 Å². The van der Waals surface area contributed by atoms with Gasteiger partial charge in [0, 0.05) is 23.7 Å². The van der Waals surface area contributed by atoms with Gasteiger partial charge in [-0.2, -0.15) is 5.10 Å². The number of furan rings is 1. The Balaban J connectivity index is 1.58. The van der Waals surface area contributed by atoms with Crippen LogP contribution < -0.4 is 10.7 Å². The first kappa shape index (κ1) is 19.5. The Labute approximate surface area is 172 Å². The number of aryl methyl sites for hydroxylation is 1. The van der Waals surface area contributed by atoms with Crippen molar-refractivity contribution in [2.75, 3.05) is 5.32 Å². The van der Waals surface area contributed by atoms with Gasteiger partial charge in [0.25, 0.3) is 11.8 Å². The SMILES string of the molecule is Cc1c(C(=O)Nc2ccccc2F)oc2c1/C(=N/NC(=O)c1ccccn1)CCC2. The number of carbonyl (C=O) groups excluding carboxylic acids is 2. The first-order valence-electron chi connectivity index (χ1n) is 9.51. The summed E-state index contributed by atoms with van der Waals surface area (Å²) < 4.78 is 19.7. The maximum atomic E-state index is 13.9. The van der Waals surface area contributed by atoms with Crippen LogP contribution in [0.25, 0.3) is 0 Å². The number of carbonyl (C=O) groups is 2. The highest BCUT2D eigenvalue weighted by Gasteiger charge is 2.28. The second-order valence-electron chi connectivity index (χ2n) is 6.86. The quantitative estimate of drug-likeness (QED) is 0.644. The number of anilines is 1. The molecule has 1 aromatic carbocycles. The number of amides is 2. The van der Waals surface area contributed by atoms with E-state index in [1.54, 1.807) is 37.3 Å². The molecule has 0 aliphatic heterocycles. The number of hydrazone groups is 1. The molecule has 0 saturated heterocycles. The topological polar surface area (TPSA) is 96.6 Å². The number of fused-ring (bicyclic) bond motifs is 1. The molecular weight excluding hydrogens is 387 g/mol. The molecule has 0 radical (unpaired) electrons. The zero-order valence-electron chi connectivity index (χ0n) is 16.2. The summed E-state index contributed by atoms with van der Waals surface area (Å²) in [6.07, 6.45) is 3.58. The van der Waals surface area contributed by atoms with Crippen LogP contribution in [-0.4, -0.2) is 22.5 Å². The first-order valence-corrected chi connectivity index (χ1v) is 9.51. The first-order chi connectivity index (χ1) is 14.5. The number of benzene rings is 1. The van der Waals surface area contributed by atoms with Crippen molar-refractivity contribution in [2.45, 2.75) is 26.2 Å². The number of nitrogens with zero attached hydrogens (tertiary/aromatic N) is 2. The Bertz CT molecular complexity index is 1140. The molecule has 0 saturated carbocycles. The van der Waals surface area contributed by atoms with Crippen molar-refractivity contribution < 1.29 is 18.4 Å². The number of rotatable bonds is 4. The van der Waals surface area contributed by atoms with E-state index < -0.39 is 17.6 Å². The van der Waals surface area contributed by atoms with Crippen LogP contribution in [0.5, 0.6) is 0 Å². The van der Waals surface area contributed by atoms with Gasteiger partial charge in [-0.15, -0.1) is 0 Å². The van der Waals surface area contributed by atoms with Crippen LogP contribution in [-0.2, 0) is 6.42 Å². The van der Waals surface area contributed by atoms with Crippen molar-refractivity contribution in [1.82, 2.24) is 10.4 Å². The summed E-state index contributed by atoms with van der Waals surface area (Å²) in [4.78, 5) is 28.9. The third-order valence-corrected chi connectivity index (χ3v) is 4.84. The van der Waals surface area contributed by atoms with Crippen molar-refractivity contribution in [3.63, 3.8) is 0 Å². The number of pyridine rings is 1. The molecule has 2 heterocycles. The van der Waals surface area contributed by atoms with Crippen molar-refractivity contribution in [3.8, 4) is 0 Å². The number of nitrogens with one attached hydrogen (secondary N) is 2. The normalized spacial score (nSPS) is 14.3.